The van der Waals surface area contributed by atoms with Gasteiger partial charge in [-0.3, -0.25) is 4.21 Å². The van der Waals surface area contributed by atoms with E-state index in [-0.39, 0.29) is 5.75 Å². The number of hydrogen-bond acceptors (Lipinski definition) is 2. The monoisotopic (exact) mass is 252 g/mol. The predicted octanol–water partition coefficient (Wildman–Crippen LogP) is 2.48. The fourth-order valence-electron chi connectivity index (χ4n) is 0.969. The first-order valence-corrected chi connectivity index (χ1v) is 6.10. The summed E-state index contributed by atoms with van der Waals surface area (Å²) in [7, 11) is -1.30. The molecule has 2 atom stereocenters. The van der Waals surface area contributed by atoms with Gasteiger partial charge in [0.1, 0.15) is 0 Å². The maximum atomic E-state index is 11.6. The standard InChI is InChI=1S/C9H10Cl2O2S/c1-6(12)5-14(13)8-4-2-3-7(10)9(8)11/h2-4,6,12H,5H2,1H3/t6-,14?/m0/s1. The Balaban J connectivity index is 2.96. The minimum Gasteiger partial charge on any atom is -0.392 e. The lowest BCUT2D eigenvalue weighted by molar-refractivity contribution is 0.219. The Morgan fingerprint density at radius 3 is 2.71 bits per heavy atom. The number of rotatable bonds is 3. The van der Waals surface area contributed by atoms with Gasteiger partial charge in [-0.2, -0.15) is 0 Å². The van der Waals surface area contributed by atoms with Crippen LogP contribution in [0.5, 0.6) is 0 Å². The molecule has 0 heterocycles. The van der Waals surface area contributed by atoms with Crippen LogP contribution < -0.4 is 0 Å². The van der Waals surface area contributed by atoms with Crippen LogP contribution in [0, 0.1) is 0 Å². The van der Waals surface area contributed by atoms with Crippen molar-refractivity contribution in [3.63, 3.8) is 0 Å². The van der Waals surface area contributed by atoms with Gasteiger partial charge in [-0.25, -0.2) is 0 Å². The van der Waals surface area contributed by atoms with Crippen LogP contribution in [0.15, 0.2) is 23.1 Å². The largest absolute Gasteiger partial charge is 0.392 e. The van der Waals surface area contributed by atoms with E-state index in [4.69, 9.17) is 28.3 Å². The number of aliphatic hydroxyl groups is 1. The molecule has 1 aromatic rings. The molecular formula is C9H10Cl2O2S. The van der Waals surface area contributed by atoms with E-state index in [1.807, 2.05) is 0 Å². The molecule has 5 heteroatoms. The molecule has 78 valence electrons. The smallest absolute Gasteiger partial charge is 0.0753 e. The highest BCUT2D eigenvalue weighted by molar-refractivity contribution is 7.85. The van der Waals surface area contributed by atoms with Crippen LogP contribution in [0.4, 0.5) is 0 Å². The molecule has 0 fully saturated rings. The molecule has 0 saturated carbocycles. The van der Waals surface area contributed by atoms with E-state index in [2.05, 4.69) is 0 Å². The molecular weight excluding hydrogens is 243 g/mol. The Labute approximate surface area is 95.3 Å². The molecule has 0 spiro atoms. The van der Waals surface area contributed by atoms with Crippen molar-refractivity contribution in [2.45, 2.75) is 17.9 Å². The molecule has 0 radical (unpaired) electrons. The summed E-state index contributed by atoms with van der Waals surface area (Å²) in [6.45, 7) is 1.58. The van der Waals surface area contributed by atoms with Gasteiger partial charge in [-0.15, -0.1) is 0 Å². The molecule has 0 aliphatic heterocycles. The van der Waals surface area contributed by atoms with E-state index in [1.54, 1.807) is 25.1 Å². The fourth-order valence-corrected chi connectivity index (χ4v) is 2.74. The van der Waals surface area contributed by atoms with Crippen LogP contribution in [0.2, 0.25) is 10.0 Å². The summed E-state index contributed by atoms with van der Waals surface area (Å²) in [5.41, 5.74) is 0. The first-order chi connectivity index (χ1) is 6.52. The van der Waals surface area contributed by atoms with Gasteiger partial charge >= 0.3 is 0 Å². The zero-order chi connectivity index (χ0) is 10.7. The van der Waals surface area contributed by atoms with Crippen molar-refractivity contribution >= 4 is 34.0 Å². The van der Waals surface area contributed by atoms with Gasteiger partial charge in [-0.05, 0) is 19.1 Å². The maximum absolute atomic E-state index is 11.6. The van der Waals surface area contributed by atoms with Crippen LogP contribution in [-0.4, -0.2) is 21.2 Å². The highest BCUT2D eigenvalue weighted by atomic mass is 35.5. The van der Waals surface area contributed by atoms with Gasteiger partial charge in [0.25, 0.3) is 0 Å². The van der Waals surface area contributed by atoms with Gasteiger partial charge in [-0.1, -0.05) is 29.3 Å². The molecule has 0 bridgehead atoms. The fraction of sp³-hybridized carbons (Fsp3) is 0.333. The van der Waals surface area contributed by atoms with E-state index in [1.165, 1.54) is 0 Å². The van der Waals surface area contributed by atoms with Gasteiger partial charge in [0.05, 0.1) is 37.6 Å². The van der Waals surface area contributed by atoms with E-state index >= 15 is 0 Å². The van der Waals surface area contributed by atoms with Crippen molar-refractivity contribution in [3.8, 4) is 0 Å². The minimum absolute atomic E-state index is 0.167. The van der Waals surface area contributed by atoms with Gasteiger partial charge in [0.15, 0.2) is 0 Å². The summed E-state index contributed by atoms with van der Waals surface area (Å²) < 4.78 is 11.6. The number of benzene rings is 1. The normalized spacial score (nSPS) is 15.1. The van der Waals surface area contributed by atoms with Crippen molar-refractivity contribution in [1.82, 2.24) is 0 Å². The first kappa shape index (κ1) is 12.0. The maximum Gasteiger partial charge on any atom is 0.0753 e. The third-order valence-corrected chi connectivity index (χ3v) is 4.10. The average Bonchev–Trinajstić information content (AvgIpc) is 2.08. The van der Waals surface area contributed by atoms with Crippen molar-refractivity contribution in [2.75, 3.05) is 5.75 Å². The second-order valence-corrected chi connectivity index (χ2v) is 5.16. The van der Waals surface area contributed by atoms with Crippen molar-refractivity contribution in [1.29, 1.82) is 0 Å². The van der Waals surface area contributed by atoms with E-state index in [0.717, 1.165) is 0 Å². The third kappa shape index (κ3) is 2.95. The van der Waals surface area contributed by atoms with Crippen LogP contribution >= 0.6 is 23.2 Å². The van der Waals surface area contributed by atoms with Crippen LogP contribution in [-0.2, 0) is 10.8 Å². The number of halogens is 2. The zero-order valence-corrected chi connectivity index (χ0v) is 9.86. The second kappa shape index (κ2) is 5.12. The molecule has 0 aliphatic carbocycles. The quantitative estimate of drug-likeness (QED) is 0.898. The minimum atomic E-state index is -1.30. The van der Waals surface area contributed by atoms with Gasteiger partial charge in [0, 0.05) is 0 Å². The van der Waals surface area contributed by atoms with Crippen LogP contribution in [0.25, 0.3) is 0 Å². The van der Waals surface area contributed by atoms with Crippen LogP contribution in [0.3, 0.4) is 0 Å². The van der Waals surface area contributed by atoms with E-state index in [0.29, 0.717) is 14.9 Å². The summed E-state index contributed by atoms with van der Waals surface area (Å²) in [4.78, 5) is 0.472. The average molecular weight is 253 g/mol. The zero-order valence-electron chi connectivity index (χ0n) is 7.54. The second-order valence-electron chi connectivity index (χ2n) is 2.91. The van der Waals surface area contributed by atoms with E-state index < -0.39 is 16.9 Å². The highest BCUT2D eigenvalue weighted by Gasteiger charge is 2.12. The molecule has 14 heavy (non-hydrogen) atoms. The van der Waals surface area contributed by atoms with Crippen molar-refractivity contribution in [3.05, 3.63) is 28.2 Å². The van der Waals surface area contributed by atoms with Gasteiger partial charge in [0.2, 0.25) is 0 Å². The summed E-state index contributed by atoms with van der Waals surface area (Å²) >= 11 is 11.6. The molecule has 0 amide bonds. The summed E-state index contributed by atoms with van der Waals surface area (Å²) in [6, 6.07) is 4.96. The Hall–Kier alpha value is -0.0900. The molecule has 1 rings (SSSR count). The summed E-state index contributed by atoms with van der Waals surface area (Å²) in [5.74, 6) is 0.167. The molecule has 2 nitrogen and oxygen atoms in total. The molecule has 0 aliphatic rings. The summed E-state index contributed by atoms with van der Waals surface area (Å²) in [6.07, 6.45) is -0.620. The predicted molar refractivity (Wildman–Crippen MR) is 59.4 cm³/mol. The molecule has 0 saturated heterocycles. The van der Waals surface area contributed by atoms with Gasteiger partial charge < -0.3 is 5.11 Å². The highest BCUT2D eigenvalue weighted by Crippen LogP contribution is 2.28. The topological polar surface area (TPSA) is 37.3 Å². The first-order valence-electron chi connectivity index (χ1n) is 4.03. The Bertz CT molecular complexity index is 353. The SMILES string of the molecule is C[C@H](O)CS(=O)c1cccc(Cl)c1Cl. The van der Waals surface area contributed by atoms with E-state index in [9.17, 15) is 4.21 Å². The Morgan fingerprint density at radius 2 is 2.14 bits per heavy atom. The number of hydrogen-bond donors (Lipinski definition) is 1. The lowest BCUT2D eigenvalue weighted by atomic mass is 10.4. The molecule has 1 unspecified atom stereocenters. The summed E-state index contributed by atoms with van der Waals surface area (Å²) in [5, 5.41) is 9.75. The van der Waals surface area contributed by atoms with Crippen LogP contribution in [0.1, 0.15) is 6.92 Å². The Morgan fingerprint density at radius 1 is 1.50 bits per heavy atom. The molecule has 1 N–H and O–H groups in total. The van der Waals surface area contributed by atoms with Crippen molar-refractivity contribution in [2.24, 2.45) is 0 Å². The Kier molecular flexibility index (Phi) is 4.38. The molecule has 1 aromatic carbocycles. The third-order valence-electron chi connectivity index (χ3n) is 1.55. The lowest BCUT2D eigenvalue weighted by Crippen LogP contribution is -2.12. The number of aliphatic hydroxyl groups excluding tert-OH is 1. The lowest BCUT2D eigenvalue weighted by Gasteiger charge is -2.07. The van der Waals surface area contributed by atoms with Crippen molar-refractivity contribution < 1.29 is 9.32 Å². The molecule has 0 aromatic heterocycles.